The molecule has 6 rings (SSSR count). The molecule has 2 atom stereocenters. The van der Waals surface area contributed by atoms with Crippen molar-refractivity contribution in [1.29, 1.82) is 5.26 Å². The zero-order chi connectivity index (χ0) is 42.9. The first-order valence-electron chi connectivity index (χ1n) is 19.2. The largest absolute Gasteiger partial charge is 0.444 e. The van der Waals surface area contributed by atoms with Crippen molar-refractivity contribution < 1.29 is 37.8 Å². The topological polar surface area (TPSA) is 179 Å². The molecule has 0 spiro atoms. The lowest BCUT2D eigenvalue weighted by Crippen LogP contribution is -2.55. The number of aliphatic hydroxyl groups excluding tert-OH is 1. The van der Waals surface area contributed by atoms with Crippen LogP contribution in [0.1, 0.15) is 72.4 Å². The molecule has 0 radical (unpaired) electrons. The van der Waals surface area contributed by atoms with E-state index in [0.29, 0.717) is 36.3 Å². The summed E-state index contributed by atoms with van der Waals surface area (Å²) in [5.74, 6) is -3.67. The van der Waals surface area contributed by atoms with Gasteiger partial charge in [-0.2, -0.15) is 10.4 Å². The first-order chi connectivity index (χ1) is 27.9. The highest BCUT2D eigenvalue weighted by Gasteiger charge is 2.43. The van der Waals surface area contributed by atoms with Crippen molar-refractivity contribution in [3.8, 4) is 28.5 Å². The van der Waals surface area contributed by atoms with Crippen LogP contribution in [0.25, 0.3) is 22.4 Å². The number of nitrogens with one attached hydrogen (secondary N) is 1. The maximum Gasteiger partial charge on any atom is 0.411 e. The van der Waals surface area contributed by atoms with E-state index in [-0.39, 0.29) is 89.9 Å². The van der Waals surface area contributed by atoms with Gasteiger partial charge in [-0.15, -0.1) is 0 Å². The number of hydrogen-bond acceptors (Lipinski definition) is 9. The van der Waals surface area contributed by atoms with Gasteiger partial charge in [-0.3, -0.25) is 24.0 Å². The Balaban J connectivity index is 1.09. The highest BCUT2D eigenvalue weighted by Crippen LogP contribution is 2.35. The summed E-state index contributed by atoms with van der Waals surface area (Å²) >= 11 is 6.55. The van der Waals surface area contributed by atoms with E-state index in [1.54, 1.807) is 49.1 Å². The molecular formula is C41H46ClF2N9O6. The number of rotatable bonds is 9. The summed E-state index contributed by atoms with van der Waals surface area (Å²) in [5.41, 5.74) is 1.38. The number of carbonyl (C=O) groups is 4. The van der Waals surface area contributed by atoms with E-state index < -0.39 is 41.4 Å². The van der Waals surface area contributed by atoms with Crippen LogP contribution in [0.4, 0.5) is 19.3 Å². The van der Waals surface area contributed by atoms with Gasteiger partial charge in [0.1, 0.15) is 11.6 Å². The van der Waals surface area contributed by atoms with Gasteiger partial charge in [-0.25, -0.2) is 18.6 Å². The number of β-amino-alcohol motifs (C(OH)–C–C–N with tert-alkyl or cyclic N) is 1. The Morgan fingerprint density at radius 2 is 1.69 bits per heavy atom. The summed E-state index contributed by atoms with van der Waals surface area (Å²) < 4.78 is 39.9. The fraction of sp³-hybridized carbons (Fsp3) is 0.439. The van der Waals surface area contributed by atoms with Crippen molar-refractivity contribution in [1.82, 2.24) is 34.0 Å². The first kappa shape index (κ1) is 42.7. The van der Waals surface area contributed by atoms with Gasteiger partial charge in [0, 0.05) is 80.7 Å². The van der Waals surface area contributed by atoms with E-state index in [1.807, 2.05) is 0 Å². The number of halogens is 3. The summed E-state index contributed by atoms with van der Waals surface area (Å²) in [4.78, 5) is 61.6. The number of piperazine rings is 1. The van der Waals surface area contributed by atoms with Crippen molar-refractivity contribution in [2.75, 3.05) is 38.0 Å². The van der Waals surface area contributed by atoms with Gasteiger partial charge in [0.15, 0.2) is 17.5 Å². The van der Waals surface area contributed by atoms with Crippen molar-refractivity contribution in [2.24, 2.45) is 7.05 Å². The van der Waals surface area contributed by atoms with Crippen LogP contribution < -0.4 is 5.32 Å². The molecule has 312 valence electrons. The number of unbranched alkanes of at least 4 members (excludes halogenated alkanes) is 1. The van der Waals surface area contributed by atoms with E-state index >= 15 is 8.78 Å². The first-order valence-corrected chi connectivity index (χ1v) is 19.6. The highest BCUT2D eigenvalue weighted by atomic mass is 35.5. The molecule has 2 aliphatic rings. The molecule has 2 aromatic carbocycles. The molecule has 4 aromatic rings. The van der Waals surface area contributed by atoms with Crippen LogP contribution in [0.2, 0.25) is 5.02 Å². The van der Waals surface area contributed by atoms with Gasteiger partial charge in [-0.05, 0) is 65.3 Å². The number of aliphatic hydroxyl groups is 1. The zero-order valence-electron chi connectivity index (χ0n) is 33.7. The third-order valence-electron chi connectivity index (χ3n) is 10.4. The van der Waals surface area contributed by atoms with Crippen LogP contribution in [0.5, 0.6) is 0 Å². The van der Waals surface area contributed by atoms with Gasteiger partial charge in [0.25, 0.3) is 11.8 Å². The predicted molar refractivity (Wildman–Crippen MR) is 213 cm³/mol. The van der Waals surface area contributed by atoms with Crippen LogP contribution in [-0.4, -0.2) is 113 Å². The lowest BCUT2D eigenvalue weighted by atomic mass is 10.00. The average Bonchev–Trinajstić information content (AvgIpc) is 3.85. The summed E-state index contributed by atoms with van der Waals surface area (Å²) in [6.07, 6.45) is 0.738. The second-order valence-corrected chi connectivity index (χ2v) is 16.1. The number of aryl methyl sites for hydroxylation is 2. The van der Waals surface area contributed by atoms with E-state index in [2.05, 4.69) is 21.5 Å². The molecule has 2 aliphatic heterocycles. The van der Waals surface area contributed by atoms with Gasteiger partial charge in [0.2, 0.25) is 5.91 Å². The molecule has 15 nitrogen and oxygen atoms in total. The third-order valence-corrected chi connectivity index (χ3v) is 10.7. The van der Waals surface area contributed by atoms with E-state index in [1.165, 1.54) is 53.0 Å². The number of anilines is 1. The van der Waals surface area contributed by atoms with Gasteiger partial charge < -0.3 is 29.5 Å². The van der Waals surface area contributed by atoms with Crippen LogP contribution in [0.3, 0.4) is 0 Å². The molecule has 2 aromatic heterocycles. The van der Waals surface area contributed by atoms with Crippen LogP contribution >= 0.6 is 11.6 Å². The van der Waals surface area contributed by atoms with Crippen molar-refractivity contribution in [3.63, 3.8) is 0 Å². The van der Waals surface area contributed by atoms with E-state index in [0.717, 1.165) is 0 Å². The highest BCUT2D eigenvalue weighted by molar-refractivity contribution is 6.34. The van der Waals surface area contributed by atoms with Crippen molar-refractivity contribution in [3.05, 3.63) is 76.0 Å². The molecule has 2 N–H and O–H groups in total. The minimum Gasteiger partial charge on any atom is -0.444 e. The molecule has 59 heavy (non-hydrogen) atoms. The molecule has 4 heterocycles. The van der Waals surface area contributed by atoms with E-state index in [9.17, 15) is 24.3 Å². The molecule has 18 heteroatoms. The Kier molecular flexibility index (Phi) is 12.4. The molecule has 2 fully saturated rings. The number of aromatic nitrogens is 4. The van der Waals surface area contributed by atoms with Gasteiger partial charge in [0.05, 0.1) is 46.9 Å². The minimum absolute atomic E-state index is 0.0148. The number of carbonyl (C=O) groups excluding carboxylic acids is 4. The number of nitriles is 1. The normalized spacial score (nSPS) is 16.9. The third kappa shape index (κ3) is 8.93. The smallest absolute Gasteiger partial charge is 0.411 e. The van der Waals surface area contributed by atoms with Crippen molar-refractivity contribution in [2.45, 2.75) is 78.2 Å². The molecule has 2 saturated heterocycles. The second kappa shape index (κ2) is 17.2. The zero-order valence-corrected chi connectivity index (χ0v) is 34.4. The number of nitrogens with zero attached hydrogens (tertiary/aromatic N) is 8. The Morgan fingerprint density at radius 3 is 2.36 bits per heavy atom. The van der Waals surface area contributed by atoms with Gasteiger partial charge >= 0.3 is 6.09 Å². The number of ether oxygens (including phenoxy) is 1. The number of amides is 4. The minimum atomic E-state index is -1.12. The quantitative estimate of drug-likeness (QED) is 0.200. The fourth-order valence-electron chi connectivity index (χ4n) is 7.46. The number of imidazole rings is 1. The predicted octanol–water partition coefficient (Wildman–Crippen LogP) is 5.71. The Bertz CT molecular complexity index is 2340. The average molecular weight is 834 g/mol. The molecule has 0 unspecified atom stereocenters. The Hall–Kier alpha value is -5.86. The number of hydrogen-bond donors (Lipinski definition) is 2. The van der Waals surface area contributed by atoms with E-state index in [4.69, 9.17) is 21.6 Å². The Morgan fingerprint density at radius 1 is 1.03 bits per heavy atom. The lowest BCUT2D eigenvalue weighted by Gasteiger charge is -2.37. The summed E-state index contributed by atoms with van der Waals surface area (Å²) in [7, 11) is 1.50. The van der Waals surface area contributed by atoms with Crippen LogP contribution in [0, 0.1) is 36.8 Å². The number of benzene rings is 2. The Labute approximate surface area is 345 Å². The maximum atomic E-state index is 15.7. The molecule has 0 aliphatic carbocycles. The fourth-order valence-corrected chi connectivity index (χ4v) is 7.72. The summed E-state index contributed by atoms with van der Waals surface area (Å²) in [6.45, 7) is 9.88. The second-order valence-electron chi connectivity index (χ2n) is 15.6. The number of likely N-dealkylation sites (tertiary alicyclic amines) is 1. The molecule has 0 saturated carbocycles. The monoisotopic (exact) mass is 833 g/mol. The lowest BCUT2D eigenvalue weighted by molar-refractivity contribution is -0.137. The summed E-state index contributed by atoms with van der Waals surface area (Å²) in [6, 6.07) is 8.48. The van der Waals surface area contributed by atoms with Crippen molar-refractivity contribution >= 4 is 41.1 Å². The molecular weight excluding hydrogens is 788 g/mol. The maximum absolute atomic E-state index is 15.7. The molecule has 0 bridgehead atoms. The van der Waals surface area contributed by atoms with Crippen LogP contribution in [-0.2, 0) is 23.1 Å². The summed E-state index contributed by atoms with van der Waals surface area (Å²) in [5, 5.41) is 26.3. The SMILES string of the molecule is Cc1nn(CCCC#N)c(C)c1-c1ccc(-c2cnc(C(=O)Nc3ccc(C(=O)N4CCN(C(=O)[C@@H]5C[C@@H](O)CN5C(=O)OC(C)(C)C)CC4)c(Cl)c3)n2C)c(F)c1F. The standard InChI is InChI=1S/C41H46ClF2N9O6/c1-23-33(24(2)53(48-23)14-8-7-13-45)29-12-11-28(34(43)35(29)44)32-21-46-36(49(32)6)37(55)47-25-9-10-27(30(42)19-25)38(56)50-15-17-51(18-16-50)39(57)31-20-26(54)22-52(31)40(58)59-41(3,4)5/h9-12,19,21,26,31,54H,7-8,14-18,20,22H2,1-6H3,(H,47,55)/t26-,31+/m1/s1. The van der Waals surface area contributed by atoms with Crippen LogP contribution in [0.15, 0.2) is 36.5 Å². The molecule has 4 amide bonds. The van der Waals surface area contributed by atoms with Gasteiger partial charge in [-0.1, -0.05) is 17.7 Å².